The Morgan fingerprint density at radius 2 is 1.47 bits per heavy atom. The van der Waals surface area contributed by atoms with Crippen molar-refractivity contribution in [3.05, 3.63) is 36.5 Å². The van der Waals surface area contributed by atoms with Gasteiger partial charge in [-0.1, -0.05) is 36.5 Å². The van der Waals surface area contributed by atoms with Crippen LogP contribution in [-0.2, 0) is 9.47 Å². The van der Waals surface area contributed by atoms with Crippen LogP contribution in [0.3, 0.4) is 0 Å². The fraction of sp³-hybridized carbons (Fsp3) is 0.538. The topological polar surface area (TPSA) is 18.5 Å². The fourth-order valence-electron chi connectivity index (χ4n) is 1.61. The SMILES string of the molecule is CC=CC(OC)C(C=CC)(C=CC)OC. The molecular formula is C13H22O2. The van der Waals surface area contributed by atoms with Crippen LogP contribution < -0.4 is 0 Å². The summed E-state index contributed by atoms with van der Waals surface area (Å²) in [7, 11) is 3.38. The molecule has 0 heterocycles. The lowest BCUT2D eigenvalue weighted by molar-refractivity contribution is -0.0344. The molecule has 0 amide bonds. The smallest absolute Gasteiger partial charge is 0.134 e. The first-order valence-corrected chi connectivity index (χ1v) is 5.19. The molecule has 1 unspecified atom stereocenters. The molecule has 86 valence electrons. The van der Waals surface area contributed by atoms with E-state index in [-0.39, 0.29) is 6.10 Å². The molecule has 0 aromatic heterocycles. The molecule has 0 aliphatic carbocycles. The van der Waals surface area contributed by atoms with Crippen LogP contribution in [-0.4, -0.2) is 25.9 Å². The highest BCUT2D eigenvalue weighted by atomic mass is 16.5. The summed E-state index contributed by atoms with van der Waals surface area (Å²) in [6, 6.07) is 0. The van der Waals surface area contributed by atoms with Crippen molar-refractivity contribution in [1.29, 1.82) is 0 Å². The third-order valence-corrected chi connectivity index (χ3v) is 2.27. The van der Waals surface area contributed by atoms with Crippen LogP contribution in [0.1, 0.15) is 20.8 Å². The predicted octanol–water partition coefficient (Wildman–Crippen LogP) is 3.11. The Bertz CT molecular complexity index is 227. The van der Waals surface area contributed by atoms with Crippen LogP contribution in [0.2, 0.25) is 0 Å². The summed E-state index contributed by atoms with van der Waals surface area (Å²) >= 11 is 0. The Balaban J connectivity index is 5.18. The van der Waals surface area contributed by atoms with Gasteiger partial charge in [0.1, 0.15) is 11.7 Å². The zero-order valence-electron chi connectivity index (χ0n) is 10.4. The summed E-state index contributed by atoms with van der Waals surface area (Å²) in [6.07, 6.45) is 11.8. The maximum absolute atomic E-state index is 5.57. The third kappa shape index (κ3) is 3.65. The minimum absolute atomic E-state index is 0.111. The van der Waals surface area contributed by atoms with E-state index in [1.807, 2.05) is 57.2 Å². The molecule has 0 rings (SSSR count). The Morgan fingerprint density at radius 3 is 1.73 bits per heavy atom. The second-order valence-corrected chi connectivity index (χ2v) is 3.24. The standard InChI is InChI=1S/C13H22O2/c1-6-9-12(14-4)13(15-5,10-7-2)11-8-3/h6-12H,1-5H3. The Labute approximate surface area is 93.3 Å². The summed E-state index contributed by atoms with van der Waals surface area (Å²) in [5.41, 5.74) is -0.509. The van der Waals surface area contributed by atoms with Crippen LogP contribution in [0.4, 0.5) is 0 Å². The van der Waals surface area contributed by atoms with Gasteiger partial charge in [0.2, 0.25) is 0 Å². The molecule has 0 aliphatic heterocycles. The first-order chi connectivity index (χ1) is 7.20. The molecule has 15 heavy (non-hydrogen) atoms. The van der Waals surface area contributed by atoms with Gasteiger partial charge < -0.3 is 9.47 Å². The molecule has 2 heteroatoms. The zero-order valence-corrected chi connectivity index (χ0v) is 10.4. The molecule has 0 radical (unpaired) electrons. The second-order valence-electron chi connectivity index (χ2n) is 3.24. The Morgan fingerprint density at radius 1 is 0.933 bits per heavy atom. The van der Waals surface area contributed by atoms with Crippen LogP contribution >= 0.6 is 0 Å². The van der Waals surface area contributed by atoms with E-state index in [1.54, 1.807) is 14.2 Å². The molecule has 0 fully saturated rings. The first-order valence-electron chi connectivity index (χ1n) is 5.19. The van der Waals surface area contributed by atoms with Gasteiger partial charge in [0.25, 0.3) is 0 Å². The highest BCUT2D eigenvalue weighted by molar-refractivity contribution is 5.21. The van der Waals surface area contributed by atoms with Gasteiger partial charge in [0, 0.05) is 14.2 Å². The minimum atomic E-state index is -0.509. The maximum atomic E-state index is 5.57. The van der Waals surface area contributed by atoms with Gasteiger partial charge in [-0.2, -0.15) is 0 Å². The molecule has 0 N–H and O–H groups in total. The van der Waals surface area contributed by atoms with Gasteiger partial charge in [-0.15, -0.1) is 0 Å². The molecule has 2 nitrogen and oxygen atoms in total. The van der Waals surface area contributed by atoms with E-state index >= 15 is 0 Å². The largest absolute Gasteiger partial charge is 0.374 e. The number of allylic oxidation sites excluding steroid dienone is 3. The van der Waals surface area contributed by atoms with Crippen LogP contribution in [0.5, 0.6) is 0 Å². The Kier molecular flexibility index (Phi) is 7.01. The molecule has 0 aromatic rings. The van der Waals surface area contributed by atoms with Crippen molar-refractivity contribution >= 4 is 0 Å². The van der Waals surface area contributed by atoms with Crippen molar-refractivity contribution < 1.29 is 9.47 Å². The van der Waals surface area contributed by atoms with E-state index < -0.39 is 5.60 Å². The predicted molar refractivity (Wildman–Crippen MR) is 65.0 cm³/mol. The van der Waals surface area contributed by atoms with Gasteiger partial charge in [-0.05, 0) is 20.8 Å². The molecule has 0 spiro atoms. The number of ether oxygens (including phenoxy) is 2. The fourth-order valence-corrected chi connectivity index (χ4v) is 1.61. The van der Waals surface area contributed by atoms with Crippen LogP contribution in [0.15, 0.2) is 36.5 Å². The van der Waals surface area contributed by atoms with Crippen LogP contribution in [0.25, 0.3) is 0 Å². The third-order valence-electron chi connectivity index (χ3n) is 2.27. The second kappa shape index (κ2) is 7.43. The van der Waals surface area contributed by atoms with Gasteiger partial charge in [-0.3, -0.25) is 0 Å². The van der Waals surface area contributed by atoms with Gasteiger partial charge >= 0.3 is 0 Å². The van der Waals surface area contributed by atoms with E-state index in [0.29, 0.717) is 0 Å². The average molecular weight is 210 g/mol. The van der Waals surface area contributed by atoms with Crippen molar-refractivity contribution in [1.82, 2.24) is 0 Å². The van der Waals surface area contributed by atoms with E-state index in [1.165, 1.54) is 0 Å². The normalized spacial score (nSPS) is 19.0. The van der Waals surface area contributed by atoms with Crippen LogP contribution in [0, 0.1) is 0 Å². The maximum Gasteiger partial charge on any atom is 0.134 e. The molecule has 0 aliphatic rings. The van der Waals surface area contributed by atoms with Crippen molar-refractivity contribution in [2.45, 2.75) is 32.5 Å². The summed E-state index contributed by atoms with van der Waals surface area (Å²) in [6.45, 7) is 5.91. The highest BCUT2D eigenvalue weighted by Crippen LogP contribution is 2.23. The van der Waals surface area contributed by atoms with Crippen molar-refractivity contribution in [3.8, 4) is 0 Å². The molecule has 1 atom stereocenters. The monoisotopic (exact) mass is 210 g/mol. The van der Waals surface area contributed by atoms with Crippen molar-refractivity contribution in [3.63, 3.8) is 0 Å². The minimum Gasteiger partial charge on any atom is -0.374 e. The molecule has 0 aromatic carbocycles. The first kappa shape index (κ1) is 14.1. The van der Waals surface area contributed by atoms with Crippen molar-refractivity contribution in [2.24, 2.45) is 0 Å². The van der Waals surface area contributed by atoms with Gasteiger partial charge in [0.15, 0.2) is 0 Å². The summed E-state index contributed by atoms with van der Waals surface area (Å²) < 4.78 is 11.0. The number of methoxy groups -OCH3 is 2. The summed E-state index contributed by atoms with van der Waals surface area (Å²) in [5, 5.41) is 0. The number of hydrogen-bond acceptors (Lipinski definition) is 2. The van der Waals surface area contributed by atoms with Crippen molar-refractivity contribution in [2.75, 3.05) is 14.2 Å². The highest BCUT2D eigenvalue weighted by Gasteiger charge is 2.32. The Hall–Kier alpha value is -0.860. The van der Waals surface area contributed by atoms with E-state index in [0.717, 1.165) is 0 Å². The van der Waals surface area contributed by atoms with Gasteiger partial charge in [-0.25, -0.2) is 0 Å². The van der Waals surface area contributed by atoms with E-state index in [4.69, 9.17) is 9.47 Å². The molecule has 0 bridgehead atoms. The number of hydrogen-bond donors (Lipinski definition) is 0. The summed E-state index contributed by atoms with van der Waals surface area (Å²) in [5.74, 6) is 0. The summed E-state index contributed by atoms with van der Waals surface area (Å²) in [4.78, 5) is 0. The zero-order chi connectivity index (χ0) is 11.7. The lowest BCUT2D eigenvalue weighted by atomic mass is 9.94. The number of rotatable bonds is 6. The molecular weight excluding hydrogens is 188 g/mol. The average Bonchev–Trinajstić information content (AvgIpc) is 2.25. The lowest BCUT2D eigenvalue weighted by Crippen LogP contribution is -2.40. The lowest BCUT2D eigenvalue weighted by Gasteiger charge is -2.32. The van der Waals surface area contributed by atoms with E-state index in [2.05, 4.69) is 0 Å². The molecule has 0 saturated heterocycles. The quantitative estimate of drug-likeness (QED) is 0.627. The van der Waals surface area contributed by atoms with E-state index in [9.17, 15) is 0 Å². The molecule has 0 saturated carbocycles. The van der Waals surface area contributed by atoms with Gasteiger partial charge in [0.05, 0.1) is 0 Å².